The molecule has 0 bridgehead atoms. The predicted molar refractivity (Wildman–Crippen MR) is 127 cm³/mol. The SMILES string of the molecule is COC(=O)c1ccc(CCN(C)CCCC(C#N)(C(=O)OC)c2ccc(OC)c(OC)c2)cc1. The number of rotatable bonds is 12. The van der Waals surface area contributed by atoms with Crippen LogP contribution in [0.1, 0.15) is 34.3 Å². The average Bonchev–Trinajstić information content (AvgIpc) is 2.89. The number of methoxy groups -OCH3 is 4. The van der Waals surface area contributed by atoms with E-state index in [2.05, 4.69) is 11.0 Å². The normalized spacial score (nSPS) is 12.4. The Bertz CT molecular complexity index is 1010. The fraction of sp³-hybridized carbons (Fsp3) is 0.423. The number of carbonyl (C=O) groups is 2. The first kappa shape index (κ1) is 26.7. The Morgan fingerprint density at radius 3 is 2.18 bits per heavy atom. The lowest BCUT2D eigenvalue weighted by Gasteiger charge is -2.26. The highest BCUT2D eigenvalue weighted by atomic mass is 16.5. The summed E-state index contributed by atoms with van der Waals surface area (Å²) in [7, 11) is 7.67. The third kappa shape index (κ3) is 6.27. The molecule has 0 amide bonds. The maximum Gasteiger partial charge on any atom is 0.337 e. The third-order valence-electron chi connectivity index (χ3n) is 5.85. The molecular formula is C26H32N2O6. The molecule has 8 nitrogen and oxygen atoms in total. The van der Waals surface area contributed by atoms with E-state index in [1.54, 1.807) is 30.3 Å². The van der Waals surface area contributed by atoms with Crippen LogP contribution in [0.4, 0.5) is 0 Å². The van der Waals surface area contributed by atoms with Gasteiger partial charge >= 0.3 is 11.9 Å². The van der Waals surface area contributed by atoms with Gasteiger partial charge in [-0.2, -0.15) is 5.26 Å². The molecule has 2 aromatic carbocycles. The molecule has 1 atom stereocenters. The van der Waals surface area contributed by atoms with Gasteiger partial charge in [-0.05, 0) is 68.2 Å². The lowest BCUT2D eigenvalue weighted by molar-refractivity contribution is -0.145. The largest absolute Gasteiger partial charge is 0.493 e. The van der Waals surface area contributed by atoms with Crippen molar-refractivity contribution in [2.75, 3.05) is 48.6 Å². The van der Waals surface area contributed by atoms with Crippen LogP contribution in [0.3, 0.4) is 0 Å². The summed E-state index contributed by atoms with van der Waals surface area (Å²) in [6, 6.07) is 14.6. The summed E-state index contributed by atoms with van der Waals surface area (Å²) in [5, 5.41) is 10.0. The standard InChI is InChI=1S/C26H32N2O6/c1-28(16-13-19-7-9-20(10-8-19)24(29)33-4)15-6-14-26(18-27,25(30)34-5)21-11-12-22(31-2)23(17-21)32-3/h7-12,17H,6,13-16H2,1-5H3. The van der Waals surface area contributed by atoms with Gasteiger partial charge in [-0.3, -0.25) is 0 Å². The smallest absolute Gasteiger partial charge is 0.337 e. The van der Waals surface area contributed by atoms with E-state index in [1.807, 2.05) is 19.2 Å². The molecule has 0 fully saturated rings. The molecule has 34 heavy (non-hydrogen) atoms. The van der Waals surface area contributed by atoms with Crippen LogP contribution in [0.25, 0.3) is 0 Å². The quantitative estimate of drug-likeness (QED) is 0.437. The van der Waals surface area contributed by atoms with Gasteiger partial charge < -0.3 is 23.8 Å². The summed E-state index contributed by atoms with van der Waals surface area (Å²) in [6.45, 7) is 1.47. The van der Waals surface area contributed by atoms with Crippen LogP contribution in [0, 0.1) is 11.3 Å². The number of esters is 2. The van der Waals surface area contributed by atoms with E-state index in [4.69, 9.17) is 18.9 Å². The van der Waals surface area contributed by atoms with Crippen LogP contribution in [0.15, 0.2) is 42.5 Å². The highest BCUT2D eigenvalue weighted by molar-refractivity contribution is 5.89. The molecule has 0 saturated heterocycles. The zero-order valence-electron chi connectivity index (χ0n) is 20.4. The van der Waals surface area contributed by atoms with Crippen molar-refractivity contribution in [1.82, 2.24) is 4.90 Å². The highest BCUT2D eigenvalue weighted by Crippen LogP contribution is 2.36. The molecule has 0 aliphatic carbocycles. The van der Waals surface area contributed by atoms with E-state index < -0.39 is 11.4 Å². The molecule has 2 rings (SSSR count). The Labute approximate surface area is 201 Å². The van der Waals surface area contributed by atoms with E-state index in [-0.39, 0.29) is 5.97 Å². The van der Waals surface area contributed by atoms with E-state index in [0.29, 0.717) is 42.0 Å². The summed E-state index contributed by atoms with van der Waals surface area (Å²) in [5.41, 5.74) is 0.683. The minimum absolute atomic E-state index is 0.295. The van der Waals surface area contributed by atoms with Crippen molar-refractivity contribution in [3.05, 3.63) is 59.2 Å². The number of benzene rings is 2. The lowest BCUT2D eigenvalue weighted by atomic mass is 9.77. The van der Waals surface area contributed by atoms with Gasteiger partial charge in [0.05, 0.1) is 40.1 Å². The van der Waals surface area contributed by atoms with Gasteiger partial charge in [-0.15, -0.1) is 0 Å². The molecule has 0 aliphatic rings. The number of likely N-dealkylation sites (N-methyl/N-ethyl adjacent to an activating group) is 1. The van der Waals surface area contributed by atoms with Crippen molar-refractivity contribution in [3.8, 4) is 17.6 Å². The van der Waals surface area contributed by atoms with E-state index in [0.717, 1.165) is 18.5 Å². The van der Waals surface area contributed by atoms with Gasteiger partial charge in [0.2, 0.25) is 0 Å². The maximum absolute atomic E-state index is 12.7. The number of nitrogens with zero attached hydrogens (tertiary/aromatic N) is 2. The zero-order chi connectivity index (χ0) is 25.1. The molecule has 0 spiro atoms. The molecule has 2 aromatic rings. The monoisotopic (exact) mass is 468 g/mol. The Kier molecular flexibility index (Phi) is 9.90. The number of carbonyl (C=O) groups excluding carboxylic acids is 2. The second kappa shape index (κ2) is 12.6. The molecule has 0 N–H and O–H groups in total. The van der Waals surface area contributed by atoms with Crippen LogP contribution < -0.4 is 9.47 Å². The molecular weight excluding hydrogens is 436 g/mol. The minimum Gasteiger partial charge on any atom is -0.493 e. The summed E-state index contributed by atoms with van der Waals surface area (Å²) in [6.07, 6.45) is 1.70. The van der Waals surface area contributed by atoms with Gasteiger partial charge in [0.1, 0.15) is 0 Å². The molecule has 0 aromatic heterocycles. The highest BCUT2D eigenvalue weighted by Gasteiger charge is 2.42. The van der Waals surface area contributed by atoms with Crippen LogP contribution in [-0.4, -0.2) is 65.4 Å². The second-order valence-corrected chi connectivity index (χ2v) is 7.92. The van der Waals surface area contributed by atoms with Gasteiger partial charge in [-0.1, -0.05) is 18.2 Å². The minimum atomic E-state index is -1.45. The van der Waals surface area contributed by atoms with Crippen LogP contribution in [0.2, 0.25) is 0 Å². The van der Waals surface area contributed by atoms with Gasteiger partial charge in [-0.25, -0.2) is 9.59 Å². The summed E-state index contributed by atoms with van der Waals surface area (Å²) >= 11 is 0. The van der Waals surface area contributed by atoms with Gasteiger partial charge in [0.25, 0.3) is 0 Å². The van der Waals surface area contributed by atoms with E-state index >= 15 is 0 Å². The molecule has 0 heterocycles. The molecule has 8 heteroatoms. The van der Waals surface area contributed by atoms with Gasteiger partial charge in [0, 0.05) is 6.54 Å². The van der Waals surface area contributed by atoms with E-state index in [9.17, 15) is 14.9 Å². The van der Waals surface area contributed by atoms with Crippen LogP contribution in [-0.2, 0) is 26.1 Å². The van der Waals surface area contributed by atoms with E-state index in [1.165, 1.54) is 28.4 Å². The maximum atomic E-state index is 12.7. The molecule has 0 radical (unpaired) electrons. The predicted octanol–water partition coefficient (Wildman–Crippen LogP) is 3.38. The fourth-order valence-electron chi connectivity index (χ4n) is 3.78. The van der Waals surface area contributed by atoms with Gasteiger partial charge in [0.15, 0.2) is 16.9 Å². The Balaban J connectivity index is 2.04. The van der Waals surface area contributed by atoms with Crippen molar-refractivity contribution in [2.45, 2.75) is 24.7 Å². The molecule has 0 saturated carbocycles. The molecule has 182 valence electrons. The summed E-state index contributed by atoms with van der Waals surface area (Å²) < 4.78 is 20.4. The van der Waals surface area contributed by atoms with Crippen LogP contribution >= 0.6 is 0 Å². The topological polar surface area (TPSA) is 98.1 Å². The fourth-order valence-corrected chi connectivity index (χ4v) is 3.78. The van der Waals surface area contributed by atoms with Crippen molar-refractivity contribution in [1.29, 1.82) is 5.26 Å². The molecule has 1 unspecified atom stereocenters. The summed E-state index contributed by atoms with van der Waals surface area (Å²) in [4.78, 5) is 26.4. The number of nitriles is 1. The Morgan fingerprint density at radius 2 is 1.62 bits per heavy atom. The second-order valence-electron chi connectivity index (χ2n) is 7.92. The lowest BCUT2D eigenvalue weighted by Crippen LogP contribution is -2.36. The van der Waals surface area contributed by atoms with Crippen molar-refractivity contribution in [2.24, 2.45) is 0 Å². The summed E-state index contributed by atoms with van der Waals surface area (Å²) in [5.74, 6) is 0.00136. The number of hydrogen-bond donors (Lipinski definition) is 0. The number of ether oxygens (including phenoxy) is 4. The van der Waals surface area contributed by atoms with Crippen molar-refractivity contribution >= 4 is 11.9 Å². The first-order valence-electron chi connectivity index (χ1n) is 10.9. The van der Waals surface area contributed by atoms with Crippen molar-refractivity contribution < 1.29 is 28.5 Å². The van der Waals surface area contributed by atoms with Crippen LogP contribution in [0.5, 0.6) is 11.5 Å². The number of hydrogen-bond acceptors (Lipinski definition) is 8. The molecule has 0 aliphatic heterocycles. The van der Waals surface area contributed by atoms with Crippen molar-refractivity contribution in [3.63, 3.8) is 0 Å². The zero-order valence-corrected chi connectivity index (χ0v) is 20.4. The third-order valence-corrected chi connectivity index (χ3v) is 5.85. The average molecular weight is 469 g/mol. The Morgan fingerprint density at radius 1 is 0.941 bits per heavy atom. The first-order chi connectivity index (χ1) is 16.3. The first-order valence-corrected chi connectivity index (χ1v) is 10.9. The Hall–Kier alpha value is -3.57.